The highest BCUT2D eigenvalue weighted by atomic mass is 16.5. The topological polar surface area (TPSA) is 69.7 Å². The van der Waals surface area contributed by atoms with E-state index in [0.717, 1.165) is 5.57 Å². The van der Waals surface area contributed by atoms with E-state index in [1.807, 2.05) is 13.0 Å². The molecule has 2 aliphatic rings. The predicted molar refractivity (Wildman–Crippen MR) is 84.4 cm³/mol. The van der Waals surface area contributed by atoms with Crippen molar-refractivity contribution >= 4 is 17.7 Å². The lowest BCUT2D eigenvalue weighted by Crippen LogP contribution is -2.42. The minimum atomic E-state index is -0.522. The van der Waals surface area contributed by atoms with Crippen LogP contribution in [-0.4, -0.2) is 30.9 Å². The number of hydrogen-bond acceptors (Lipinski definition) is 5. The van der Waals surface area contributed by atoms with Gasteiger partial charge in [-0.3, -0.25) is 9.59 Å². The van der Waals surface area contributed by atoms with Gasteiger partial charge in [-0.1, -0.05) is 25.2 Å². The molecule has 0 aromatic rings. The van der Waals surface area contributed by atoms with Gasteiger partial charge in [0.2, 0.25) is 0 Å². The molecule has 124 valence electrons. The third-order valence-electron chi connectivity index (χ3n) is 4.82. The van der Waals surface area contributed by atoms with E-state index in [1.54, 1.807) is 13.0 Å². The quantitative estimate of drug-likeness (QED) is 0.591. The lowest BCUT2D eigenvalue weighted by molar-refractivity contribution is -0.152. The first-order valence-electron chi connectivity index (χ1n) is 7.57. The number of fused-ring (bicyclic) bond motifs is 1. The van der Waals surface area contributed by atoms with Crippen LogP contribution in [0, 0.1) is 11.3 Å². The molecule has 0 spiro atoms. The van der Waals surface area contributed by atoms with Crippen LogP contribution in [0.5, 0.6) is 0 Å². The first kappa shape index (κ1) is 17.2. The first-order chi connectivity index (χ1) is 10.7. The summed E-state index contributed by atoms with van der Waals surface area (Å²) in [7, 11) is 1.29. The summed E-state index contributed by atoms with van der Waals surface area (Å²) in [6.45, 7) is 8.98. The highest BCUT2D eigenvalue weighted by Crippen LogP contribution is 2.50. The Morgan fingerprint density at radius 1 is 1.39 bits per heavy atom. The molecule has 0 radical (unpaired) electrons. The molecule has 0 bridgehead atoms. The minimum absolute atomic E-state index is 0.0224. The number of rotatable bonds is 3. The summed E-state index contributed by atoms with van der Waals surface area (Å²) in [6, 6.07) is 0. The number of carbonyl (C=O) groups excluding carboxylic acids is 3. The number of ketones is 1. The molecule has 0 aromatic heterocycles. The molecule has 0 aromatic carbocycles. The van der Waals surface area contributed by atoms with E-state index in [2.05, 4.69) is 6.58 Å². The van der Waals surface area contributed by atoms with Gasteiger partial charge >= 0.3 is 11.9 Å². The van der Waals surface area contributed by atoms with Gasteiger partial charge in [0.1, 0.15) is 6.10 Å². The van der Waals surface area contributed by atoms with Crippen molar-refractivity contribution in [1.29, 1.82) is 0 Å². The van der Waals surface area contributed by atoms with Crippen LogP contribution in [0.2, 0.25) is 0 Å². The fourth-order valence-electron chi connectivity index (χ4n) is 3.52. The summed E-state index contributed by atoms with van der Waals surface area (Å²) < 4.78 is 10.2. The number of carbonyl (C=O) groups is 3. The molecule has 1 fully saturated rings. The molecule has 3 atom stereocenters. The van der Waals surface area contributed by atoms with E-state index in [0.29, 0.717) is 18.4 Å². The number of ether oxygens (including phenoxy) is 2. The Balaban J connectivity index is 2.42. The third-order valence-corrected chi connectivity index (χ3v) is 4.82. The Morgan fingerprint density at radius 3 is 2.61 bits per heavy atom. The number of hydrogen-bond donors (Lipinski definition) is 0. The molecule has 0 saturated heterocycles. The average Bonchev–Trinajstić information content (AvgIpc) is 2.49. The van der Waals surface area contributed by atoms with E-state index in [4.69, 9.17) is 9.47 Å². The highest BCUT2D eigenvalue weighted by molar-refractivity contribution is 6.05. The van der Waals surface area contributed by atoms with E-state index in [1.165, 1.54) is 14.0 Å². The second-order valence-corrected chi connectivity index (χ2v) is 6.40. The summed E-state index contributed by atoms with van der Waals surface area (Å²) in [5.74, 6) is -1.33. The SMILES string of the molecule is C=C(C(=O)OC)[C@H]1CC2=C(C)C(=O)C=C[C@]2(C)C[C@H]1OC(C)=O. The predicted octanol–water partition coefficient (Wildman–Crippen LogP) is 2.52. The smallest absolute Gasteiger partial charge is 0.333 e. The highest BCUT2D eigenvalue weighted by Gasteiger charge is 2.46. The van der Waals surface area contributed by atoms with Gasteiger partial charge in [-0.15, -0.1) is 0 Å². The largest absolute Gasteiger partial charge is 0.466 e. The summed E-state index contributed by atoms with van der Waals surface area (Å²) in [4.78, 5) is 35.3. The Hall–Kier alpha value is -2.17. The lowest BCUT2D eigenvalue weighted by atomic mass is 9.62. The van der Waals surface area contributed by atoms with Crippen molar-refractivity contribution in [2.45, 2.75) is 39.7 Å². The zero-order valence-electron chi connectivity index (χ0n) is 14.0. The Kier molecular flexibility index (Phi) is 4.59. The van der Waals surface area contributed by atoms with Crippen molar-refractivity contribution in [3.05, 3.63) is 35.5 Å². The molecule has 2 rings (SSSR count). The molecule has 1 saturated carbocycles. The van der Waals surface area contributed by atoms with Crippen molar-refractivity contribution in [3.8, 4) is 0 Å². The van der Waals surface area contributed by atoms with E-state index in [9.17, 15) is 14.4 Å². The van der Waals surface area contributed by atoms with Crippen LogP contribution < -0.4 is 0 Å². The van der Waals surface area contributed by atoms with E-state index < -0.39 is 18.0 Å². The van der Waals surface area contributed by atoms with Gasteiger partial charge in [0.05, 0.1) is 7.11 Å². The van der Waals surface area contributed by atoms with Crippen molar-refractivity contribution < 1.29 is 23.9 Å². The van der Waals surface area contributed by atoms with Crippen molar-refractivity contribution in [2.24, 2.45) is 11.3 Å². The maximum absolute atomic E-state index is 12.0. The third kappa shape index (κ3) is 3.14. The molecule has 23 heavy (non-hydrogen) atoms. The zero-order valence-corrected chi connectivity index (χ0v) is 14.0. The second kappa shape index (κ2) is 6.14. The Labute approximate surface area is 136 Å². The molecule has 0 aliphatic heterocycles. The van der Waals surface area contributed by atoms with Gasteiger partial charge in [0, 0.05) is 23.8 Å². The molecule has 5 nitrogen and oxygen atoms in total. The standard InChI is InChI=1S/C18H22O5/c1-10(17(21)22-5)13-8-14-11(2)15(20)6-7-18(14,4)9-16(13)23-12(3)19/h6-7,13,16H,1,8-9H2,2-5H3/t13-,16-,18-/m1/s1. The van der Waals surface area contributed by atoms with Crippen LogP contribution in [0.15, 0.2) is 35.5 Å². The average molecular weight is 318 g/mol. The monoisotopic (exact) mass is 318 g/mol. The minimum Gasteiger partial charge on any atom is -0.466 e. The Morgan fingerprint density at radius 2 is 2.04 bits per heavy atom. The summed E-state index contributed by atoms with van der Waals surface area (Å²) in [5, 5.41) is 0. The maximum atomic E-state index is 12.0. The number of esters is 2. The van der Waals surface area contributed by atoms with Gasteiger partial charge in [-0.25, -0.2) is 4.79 Å². The fraction of sp³-hybridized carbons (Fsp3) is 0.500. The van der Waals surface area contributed by atoms with Crippen LogP contribution >= 0.6 is 0 Å². The summed E-state index contributed by atoms with van der Waals surface area (Å²) in [6.07, 6.45) is 3.91. The van der Waals surface area contributed by atoms with Crippen molar-refractivity contribution in [2.75, 3.05) is 7.11 Å². The van der Waals surface area contributed by atoms with Gasteiger partial charge < -0.3 is 9.47 Å². The Bertz CT molecular complexity index is 640. The molecule has 0 heterocycles. The zero-order chi connectivity index (χ0) is 17.4. The summed E-state index contributed by atoms with van der Waals surface area (Å²) >= 11 is 0. The molecule has 0 amide bonds. The van der Waals surface area contributed by atoms with Crippen LogP contribution in [0.4, 0.5) is 0 Å². The van der Waals surface area contributed by atoms with E-state index in [-0.39, 0.29) is 22.7 Å². The maximum Gasteiger partial charge on any atom is 0.333 e. The van der Waals surface area contributed by atoms with Crippen molar-refractivity contribution in [3.63, 3.8) is 0 Å². The van der Waals surface area contributed by atoms with Gasteiger partial charge in [0.15, 0.2) is 5.78 Å². The van der Waals surface area contributed by atoms with Crippen LogP contribution in [0.1, 0.15) is 33.6 Å². The molecular formula is C18H22O5. The van der Waals surface area contributed by atoms with Crippen LogP contribution in [-0.2, 0) is 23.9 Å². The van der Waals surface area contributed by atoms with Crippen molar-refractivity contribution in [1.82, 2.24) is 0 Å². The molecule has 2 aliphatic carbocycles. The van der Waals surface area contributed by atoms with Gasteiger partial charge in [0.25, 0.3) is 0 Å². The fourth-order valence-corrected chi connectivity index (χ4v) is 3.52. The lowest BCUT2D eigenvalue weighted by Gasteiger charge is -2.44. The molecule has 5 heteroatoms. The number of methoxy groups -OCH3 is 1. The van der Waals surface area contributed by atoms with Gasteiger partial charge in [-0.05, 0) is 31.4 Å². The first-order valence-corrected chi connectivity index (χ1v) is 7.57. The van der Waals surface area contributed by atoms with E-state index >= 15 is 0 Å². The molecule has 0 N–H and O–H groups in total. The van der Waals surface area contributed by atoms with Crippen LogP contribution in [0.3, 0.4) is 0 Å². The second-order valence-electron chi connectivity index (χ2n) is 6.40. The summed E-state index contributed by atoms with van der Waals surface area (Å²) in [5.41, 5.74) is 1.58. The molecule has 0 unspecified atom stereocenters. The van der Waals surface area contributed by atoms with Crippen LogP contribution in [0.25, 0.3) is 0 Å². The normalized spacial score (nSPS) is 29.8. The van der Waals surface area contributed by atoms with Gasteiger partial charge in [-0.2, -0.15) is 0 Å². The molecular weight excluding hydrogens is 296 g/mol. The number of allylic oxidation sites excluding steroid dienone is 4.